The summed E-state index contributed by atoms with van der Waals surface area (Å²) in [6, 6.07) is 17.2. The molecule has 0 radical (unpaired) electrons. The number of aromatic nitrogens is 6. The van der Waals surface area contributed by atoms with E-state index in [1.165, 1.54) is 6.42 Å². The lowest BCUT2D eigenvalue weighted by Gasteiger charge is -2.30. The number of hydrogen-bond donors (Lipinski definition) is 2. The standard InChI is InChI=1S/C28H22FN7/c29-21-11-17(16-36-8-3-9-36)10-19(12-21)22-5-1-6-24-25(22)33-28(32-24)26-23-13-20(15-31-27(23)35-34-26)18-4-2-7-30-14-18/h1-2,4-7,10-15H,3,8-9,16H2,(H,32,33)(H,31,34,35). The molecule has 0 saturated carbocycles. The third-order valence-electron chi connectivity index (χ3n) is 6.78. The van der Waals surface area contributed by atoms with Gasteiger partial charge < -0.3 is 4.98 Å². The molecule has 8 heteroatoms. The van der Waals surface area contributed by atoms with Gasteiger partial charge >= 0.3 is 0 Å². The lowest BCUT2D eigenvalue weighted by Crippen LogP contribution is -2.36. The SMILES string of the molecule is Fc1cc(CN2CCC2)cc(-c2cccc3[nH]c(-c4[nH]nc5ncc(-c6cccnc6)cc45)nc23)c1. The van der Waals surface area contributed by atoms with Crippen LogP contribution in [0.3, 0.4) is 0 Å². The lowest BCUT2D eigenvalue weighted by molar-refractivity contribution is 0.172. The minimum Gasteiger partial charge on any atom is -0.337 e. The minimum atomic E-state index is -0.232. The molecule has 0 amide bonds. The summed E-state index contributed by atoms with van der Waals surface area (Å²) < 4.78 is 14.6. The molecule has 5 heterocycles. The molecule has 0 unspecified atom stereocenters. The number of H-pyrrole nitrogens is 2. The first-order valence-corrected chi connectivity index (χ1v) is 12.0. The molecule has 7 rings (SSSR count). The summed E-state index contributed by atoms with van der Waals surface area (Å²) in [7, 11) is 0. The van der Waals surface area contributed by atoms with E-state index in [2.05, 4.69) is 36.1 Å². The number of pyridine rings is 2. The van der Waals surface area contributed by atoms with Crippen molar-refractivity contribution in [3.8, 4) is 33.8 Å². The number of benzene rings is 2. The number of para-hydroxylation sites is 1. The molecule has 0 spiro atoms. The van der Waals surface area contributed by atoms with Crippen LogP contribution in [0.25, 0.3) is 55.8 Å². The van der Waals surface area contributed by atoms with Gasteiger partial charge in [-0.05, 0) is 67.0 Å². The lowest BCUT2D eigenvalue weighted by atomic mass is 10.0. The van der Waals surface area contributed by atoms with E-state index in [9.17, 15) is 4.39 Å². The van der Waals surface area contributed by atoms with Crippen molar-refractivity contribution in [3.63, 3.8) is 0 Å². The average molecular weight is 476 g/mol. The van der Waals surface area contributed by atoms with Gasteiger partial charge in [-0.3, -0.25) is 15.0 Å². The molecule has 6 aromatic rings. The minimum absolute atomic E-state index is 0.232. The third-order valence-corrected chi connectivity index (χ3v) is 6.78. The van der Waals surface area contributed by atoms with Gasteiger partial charge in [0.2, 0.25) is 0 Å². The average Bonchev–Trinajstić information content (AvgIpc) is 3.50. The highest BCUT2D eigenvalue weighted by molar-refractivity contribution is 5.97. The number of likely N-dealkylation sites (tertiary alicyclic amines) is 1. The summed E-state index contributed by atoms with van der Waals surface area (Å²) in [6.45, 7) is 2.90. The molecule has 0 atom stereocenters. The Labute approximate surface area is 206 Å². The monoisotopic (exact) mass is 475 g/mol. The van der Waals surface area contributed by atoms with E-state index in [1.807, 2.05) is 42.6 Å². The van der Waals surface area contributed by atoms with Gasteiger partial charge in [-0.1, -0.05) is 18.2 Å². The van der Waals surface area contributed by atoms with E-state index < -0.39 is 0 Å². The molecule has 0 aliphatic carbocycles. The van der Waals surface area contributed by atoms with Crippen LogP contribution in [-0.2, 0) is 6.54 Å². The van der Waals surface area contributed by atoms with Crippen molar-refractivity contribution in [1.29, 1.82) is 0 Å². The Morgan fingerprint density at radius 1 is 0.944 bits per heavy atom. The van der Waals surface area contributed by atoms with Crippen LogP contribution in [0.5, 0.6) is 0 Å². The molecule has 2 N–H and O–H groups in total. The third kappa shape index (κ3) is 3.63. The van der Waals surface area contributed by atoms with Crippen molar-refractivity contribution >= 4 is 22.1 Å². The highest BCUT2D eigenvalue weighted by atomic mass is 19.1. The summed E-state index contributed by atoms with van der Waals surface area (Å²) in [5, 5.41) is 8.33. The van der Waals surface area contributed by atoms with Crippen LogP contribution < -0.4 is 0 Å². The summed E-state index contributed by atoms with van der Waals surface area (Å²) >= 11 is 0. The number of rotatable bonds is 5. The fourth-order valence-electron chi connectivity index (χ4n) is 4.85. The van der Waals surface area contributed by atoms with Crippen LogP contribution in [-0.4, -0.2) is 48.1 Å². The number of imidazole rings is 1. The zero-order valence-corrected chi connectivity index (χ0v) is 19.4. The smallest absolute Gasteiger partial charge is 0.181 e. The molecule has 1 aliphatic rings. The predicted octanol–water partition coefficient (Wildman–Crippen LogP) is 5.58. The number of nitrogens with one attached hydrogen (secondary N) is 2. The summed E-state index contributed by atoms with van der Waals surface area (Å²) in [5.41, 5.74) is 7.63. The molecular formula is C28H22FN7. The van der Waals surface area contributed by atoms with Gasteiger partial charge in [-0.2, -0.15) is 5.10 Å². The van der Waals surface area contributed by atoms with Crippen LogP contribution >= 0.6 is 0 Å². The van der Waals surface area contributed by atoms with Crippen LogP contribution in [0.2, 0.25) is 0 Å². The van der Waals surface area contributed by atoms with Crippen molar-refractivity contribution in [2.24, 2.45) is 0 Å². The fourth-order valence-corrected chi connectivity index (χ4v) is 4.85. The summed E-state index contributed by atoms with van der Waals surface area (Å²) in [6.07, 6.45) is 6.56. The van der Waals surface area contributed by atoms with Crippen LogP contribution in [0.4, 0.5) is 4.39 Å². The second kappa shape index (κ2) is 8.35. The predicted molar refractivity (Wildman–Crippen MR) is 137 cm³/mol. The van der Waals surface area contributed by atoms with E-state index in [0.29, 0.717) is 11.5 Å². The van der Waals surface area contributed by atoms with E-state index >= 15 is 0 Å². The maximum absolute atomic E-state index is 14.6. The maximum Gasteiger partial charge on any atom is 0.181 e. The highest BCUT2D eigenvalue weighted by Gasteiger charge is 2.18. The molecule has 1 fully saturated rings. The summed E-state index contributed by atoms with van der Waals surface area (Å²) in [4.78, 5) is 19.4. The Morgan fingerprint density at radius 3 is 2.72 bits per heavy atom. The zero-order valence-electron chi connectivity index (χ0n) is 19.4. The van der Waals surface area contributed by atoms with Gasteiger partial charge in [0.1, 0.15) is 11.5 Å². The largest absolute Gasteiger partial charge is 0.337 e. The fraction of sp³-hybridized carbons (Fsp3) is 0.143. The van der Waals surface area contributed by atoms with Gasteiger partial charge in [-0.15, -0.1) is 0 Å². The van der Waals surface area contributed by atoms with Gasteiger partial charge in [0, 0.05) is 41.8 Å². The van der Waals surface area contributed by atoms with Gasteiger partial charge in [0.25, 0.3) is 0 Å². The Bertz CT molecular complexity index is 1720. The first-order valence-electron chi connectivity index (χ1n) is 12.0. The van der Waals surface area contributed by atoms with Crippen LogP contribution in [0.1, 0.15) is 12.0 Å². The highest BCUT2D eigenvalue weighted by Crippen LogP contribution is 2.33. The van der Waals surface area contributed by atoms with Gasteiger partial charge in [-0.25, -0.2) is 14.4 Å². The Morgan fingerprint density at radius 2 is 1.89 bits per heavy atom. The van der Waals surface area contributed by atoms with Crippen LogP contribution in [0.15, 0.2) is 73.2 Å². The van der Waals surface area contributed by atoms with E-state index in [1.54, 1.807) is 24.5 Å². The van der Waals surface area contributed by atoms with Crippen LogP contribution in [0, 0.1) is 5.82 Å². The molecule has 176 valence electrons. The Kier molecular flexibility index (Phi) is 4.85. The van der Waals surface area contributed by atoms with Crippen molar-refractivity contribution in [2.75, 3.05) is 13.1 Å². The second-order valence-corrected chi connectivity index (χ2v) is 9.20. The van der Waals surface area contributed by atoms with Crippen molar-refractivity contribution in [3.05, 3.63) is 84.6 Å². The number of aromatic amines is 2. The Balaban J connectivity index is 1.32. The molecular weight excluding hydrogens is 453 g/mol. The number of fused-ring (bicyclic) bond motifs is 2. The zero-order chi connectivity index (χ0) is 24.1. The molecule has 2 aromatic carbocycles. The first kappa shape index (κ1) is 20.9. The quantitative estimate of drug-likeness (QED) is 0.340. The van der Waals surface area contributed by atoms with E-state index in [4.69, 9.17) is 4.98 Å². The molecule has 4 aromatic heterocycles. The van der Waals surface area contributed by atoms with E-state index in [0.717, 1.165) is 69.6 Å². The molecule has 0 bridgehead atoms. The van der Waals surface area contributed by atoms with Crippen molar-refractivity contribution in [2.45, 2.75) is 13.0 Å². The van der Waals surface area contributed by atoms with Gasteiger partial charge in [0.05, 0.1) is 16.4 Å². The summed E-state index contributed by atoms with van der Waals surface area (Å²) in [5.74, 6) is 0.423. The molecule has 1 aliphatic heterocycles. The van der Waals surface area contributed by atoms with Gasteiger partial charge in [0.15, 0.2) is 11.5 Å². The maximum atomic E-state index is 14.6. The second-order valence-electron chi connectivity index (χ2n) is 9.20. The topological polar surface area (TPSA) is 86.4 Å². The van der Waals surface area contributed by atoms with Crippen molar-refractivity contribution < 1.29 is 4.39 Å². The number of hydrogen-bond acceptors (Lipinski definition) is 5. The number of halogens is 1. The molecule has 1 saturated heterocycles. The molecule has 36 heavy (non-hydrogen) atoms. The molecule has 7 nitrogen and oxygen atoms in total. The Hall–Kier alpha value is -4.43. The normalized spacial score (nSPS) is 13.9. The first-order chi connectivity index (χ1) is 17.7. The van der Waals surface area contributed by atoms with E-state index in [-0.39, 0.29) is 5.82 Å². The van der Waals surface area contributed by atoms with Crippen molar-refractivity contribution in [1.82, 2.24) is 35.0 Å². The number of nitrogens with zero attached hydrogens (tertiary/aromatic N) is 5.